The van der Waals surface area contributed by atoms with Crippen molar-refractivity contribution in [2.75, 3.05) is 19.3 Å². The number of nitrogens with zero attached hydrogens (tertiary/aromatic N) is 1. The van der Waals surface area contributed by atoms with Crippen molar-refractivity contribution in [2.45, 2.75) is 83.3 Å². The molecule has 1 aliphatic heterocycles. The van der Waals surface area contributed by atoms with E-state index in [4.69, 9.17) is 9.47 Å². The van der Waals surface area contributed by atoms with E-state index in [0.29, 0.717) is 36.7 Å². The Bertz CT molecular complexity index is 1240. The molecule has 1 saturated heterocycles. The number of likely N-dealkylation sites (tertiary alicyclic amines) is 1. The van der Waals surface area contributed by atoms with E-state index < -0.39 is 11.6 Å². The van der Waals surface area contributed by atoms with Gasteiger partial charge in [0.2, 0.25) is 0 Å². The van der Waals surface area contributed by atoms with Crippen LogP contribution >= 0.6 is 11.8 Å². The maximum atomic E-state index is 13.8. The summed E-state index contributed by atoms with van der Waals surface area (Å²) in [7, 11) is 0. The Hall–Kier alpha value is -3.00. The number of hydrogen-bond donors (Lipinski definition) is 1. The molecule has 41 heavy (non-hydrogen) atoms. The SMILES string of the molecule is CSc1ccc(C(=O)[C@@H]2CN(C(=O)OC3CCC(C)CC3)C[C@H]2Cc2cc(C)c(OC(C)(C)C(=O)O)c(C)c2)cc1. The van der Waals surface area contributed by atoms with Crippen LogP contribution in [-0.2, 0) is 16.0 Å². The first-order valence-corrected chi connectivity index (χ1v) is 15.8. The van der Waals surface area contributed by atoms with Gasteiger partial charge in [-0.1, -0.05) is 31.2 Å². The summed E-state index contributed by atoms with van der Waals surface area (Å²) in [6.07, 6.45) is 6.14. The minimum atomic E-state index is -1.36. The predicted octanol–water partition coefficient (Wildman–Crippen LogP) is 6.96. The zero-order chi connectivity index (χ0) is 29.9. The van der Waals surface area contributed by atoms with Crippen molar-refractivity contribution in [3.8, 4) is 5.75 Å². The molecule has 0 spiro atoms. The first-order valence-electron chi connectivity index (χ1n) is 14.5. The number of carbonyl (C=O) groups excluding carboxylic acids is 2. The summed E-state index contributed by atoms with van der Waals surface area (Å²) in [6, 6.07) is 11.7. The van der Waals surface area contributed by atoms with E-state index in [-0.39, 0.29) is 29.8 Å². The van der Waals surface area contributed by atoms with Gasteiger partial charge < -0.3 is 19.5 Å². The van der Waals surface area contributed by atoms with Gasteiger partial charge in [-0.25, -0.2) is 9.59 Å². The highest BCUT2D eigenvalue weighted by Gasteiger charge is 2.41. The minimum Gasteiger partial charge on any atom is -0.478 e. The van der Waals surface area contributed by atoms with Crippen LogP contribution in [0, 0.1) is 31.6 Å². The van der Waals surface area contributed by atoms with Crippen molar-refractivity contribution < 1.29 is 29.0 Å². The van der Waals surface area contributed by atoms with E-state index in [9.17, 15) is 19.5 Å². The maximum absolute atomic E-state index is 13.8. The Morgan fingerprint density at radius 1 is 1.00 bits per heavy atom. The van der Waals surface area contributed by atoms with Gasteiger partial charge in [-0.3, -0.25) is 4.79 Å². The third-order valence-corrected chi connectivity index (χ3v) is 9.27. The smallest absolute Gasteiger partial charge is 0.410 e. The summed E-state index contributed by atoms with van der Waals surface area (Å²) < 4.78 is 11.8. The molecule has 2 atom stereocenters. The van der Waals surface area contributed by atoms with Crippen molar-refractivity contribution in [2.24, 2.45) is 17.8 Å². The topological polar surface area (TPSA) is 93.1 Å². The van der Waals surface area contributed by atoms with E-state index in [1.54, 1.807) is 16.7 Å². The predicted molar refractivity (Wildman–Crippen MR) is 161 cm³/mol. The average molecular weight is 582 g/mol. The molecule has 0 unspecified atom stereocenters. The van der Waals surface area contributed by atoms with Gasteiger partial charge in [0, 0.05) is 29.5 Å². The Morgan fingerprint density at radius 3 is 2.17 bits per heavy atom. The number of Topliss-reactive ketones (excluding diaryl/α,β-unsaturated/α-hetero) is 1. The lowest BCUT2D eigenvalue weighted by molar-refractivity contribution is -0.152. The molecule has 1 heterocycles. The average Bonchev–Trinajstić information content (AvgIpc) is 3.35. The highest BCUT2D eigenvalue weighted by atomic mass is 32.2. The van der Waals surface area contributed by atoms with Gasteiger partial charge in [0.05, 0.1) is 0 Å². The van der Waals surface area contributed by atoms with E-state index in [2.05, 4.69) is 6.92 Å². The molecule has 0 bridgehead atoms. The summed E-state index contributed by atoms with van der Waals surface area (Å²) >= 11 is 1.63. The highest BCUT2D eigenvalue weighted by molar-refractivity contribution is 7.98. The van der Waals surface area contributed by atoms with Crippen LogP contribution in [0.4, 0.5) is 4.79 Å². The number of ether oxygens (including phenoxy) is 2. The number of benzene rings is 2. The van der Waals surface area contributed by atoms with E-state index >= 15 is 0 Å². The second-order valence-corrected chi connectivity index (χ2v) is 13.2. The molecule has 7 nitrogen and oxygen atoms in total. The van der Waals surface area contributed by atoms with Gasteiger partial charge in [-0.15, -0.1) is 11.8 Å². The molecule has 8 heteroatoms. The normalized spacial score (nSPS) is 22.8. The minimum absolute atomic E-state index is 0.0426. The quantitative estimate of drug-likeness (QED) is 0.253. The summed E-state index contributed by atoms with van der Waals surface area (Å²) in [5, 5.41) is 9.52. The lowest BCUT2D eigenvalue weighted by atomic mass is 9.84. The van der Waals surface area contributed by atoms with E-state index in [0.717, 1.165) is 47.3 Å². The second kappa shape index (κ2) is 12.9. The van der Waals surface area contributed by atoms with Crippen molar-refractivity contribution in [1.29, 1.82) is 0 Å². The standard InChI is InChI=1S/C33H43NO6S/c1-20-7-11-26(12-8-20)39-32(38)34-18-25(28(19-34)29(35)24-9-13-27(41-6)14-10-24)17-23-15-21(2)30(22(3)16-23)40-33(4,5)31(36)37/h9-10,13-16,20,25-26,28H,7-8,11-12,17-19H2,1-6H3,(H,36,37)/t20?,25-,26?,28-/m1/s1. The van der Waals surface area contributed by atoms with E-state index in [1.165, 1.54) is 13.8 Å². The Kier molecular flexibility index (Phi) is 9.73. The van der Waals surface area contributed by atoms with Crippen LogP contribution in [0.2, 0.25) is 0 Å². The third-order valence-electron chi connectivity index (χ3n) is 8.53. The van der Waals surface area contributed by atoms with Crippen LogP contribution in [0.3, 0.4) is 0 Å². The number of carboxylic acid groups (broad SMARTS) is 1. The summed E-state index contributed by atoms with van der Waals surface area (Å²) in [5.74, 6) is -0.200. The first-order chi connectivity index (χ1) is 19.4. The number of aliphatic carboxylic acids is 1. The van der Waals surface area contributed by atoms with Gasteiger partial charge in [0.1, 0.15) is 11.9 Å². The van der Waals surface area contributed by atoms with Gasteiger partial charge in [0.15, 0.2) is 11.4 Å². The zero-order valence-electron chi connectivity index (χ0n) is 25.1. The Balaban J connectivity index is 1.55. The molecule has 2 fully saturated rings. The van der Waals surface area contributed by atoms with Crippen LogP contribution in [0.15, 0.2) is 41.3 Å². The number of amides is 1. The Morgan fingerprint density at radius 2 is 1.61 bits per heavy atom. The molecule has 1 N–H and O–H groups in total. The lowest BCUT2D eigenvalue weighted by Gasteiger charge is -2.28. The molecular formula is C33H43NO6S. The molecule has 222 valence electrons. The van der Waals surface area contributed by atoms with Crippen LogP contribution in [0.5, 0.6) is 5.75 Å². The van der Waals surface area contributed by atoms with Crippen molar-refractivity contribution in [3.63, 3.8) is 0 Å². The molecule has 1 aliphatic carbocycles. The summed E-state index contributed by atoms with van der Waals surface area (Å²) in [4.78, 5) is 41.5. The molecular weight excluding hydrogens is 538 g/mol. The van der Waals surface area contributed by atoms with E-state index in [1.807, 2.05) is 56.5 Å². The Labute approximate surface area is 248 Å². The molecule has 2 aromatic rings. The zero-order valence-corrected chi connectivity index (χ0v) is 25.9. The van der Waals surface area contributed by atoms with Crippen molar-refractivity contribution >= 4 is 29.6 Å². The number of ketones is 1. The van der Waals surface area contributed by atoms with Crippen LogP contribution < -0.4 is 4.74 Å². The van der Waals surface area contributed by atoms with Gasteiger partial charge in [-0.05, 0) is 107 Å². The maximum Gasteiger partial charge on any atom is 0.410 e. The second-order valence-electron chi connectivity index (χ2n) is 12.3. The number of thioether (sulfide) groups is 1. The fourth-order valence-corrected chi connectivity index (χ4v) is 6.39. The molecule has 0 aromatic heterocycles. The number of aryl methyl sites for hydroxylation is 2. The fourth-order valence-electron chi connectivity index (χ4n) is 5.98. The lowest BCUT2D eigenvalue weighted by Crippen LogP contribution is -2.38. The van der Waals surface area contributed by atoms with Crippen molar-refractivity contribution in [3.05, 3.63) is 58.7 Å². The van der Waals surface area contributed by atoms with Crippen LogP contribution in [0.25, 0.3) is 0 Å². The van der Waals surface area contributed by atoms with Crippen LogP contribution in [-0.4, -0.2) is 58.9 Å². The van der Waals surface area contributed by atoms with Gasteiger partial charge in [0.25, 0.3) is 0 Å². The number of carbonyl (C=O) groups is 3. The monoisotopic (exact) mass is 581 g/mol. The third kappa shape index (κ3) is 7.45. The molecule has 1 amide bonds. The van der Waals surface area contributed by atoms with Crippen molar-refractivity contribution in [1.82, 2.24) is 4.90 Å². The molecule has 4 rings (SSSR count). The molecule has 1 saturated carbocycles. The molecule has 2 aromatic carbocycles. The number of carboxylic acids is 1. The number of hydrogen-bond acceptors (Lipinski definition) is 6. The largest absolute Gasteiger partial charge is 0.478 e. The summed E-state index contributed by atoms with van der Waals surface area (Å²) in [5.41, 5.74) is 2.00. The van der Waals surface area contributed by atoms with Gasteiger partial charge >= 0.3 is 12.1 Å². The molecule has 0 radical (unpaired) electrons. The summed E-state index contributed by atoms with van der Waals surface area (Å²) in [6.45, 7) is 9.89. The van der Waals surface area contributed by atoms with Gasteiger partial charge in [-0.2, -0.15) is 0 Å². The fraction of sp³-hybridized carbons (Fsp3) is 0.545. The molecule has 2 aliphatic rings. The number of rotatable bonds is 9. The van der Waals surface area contributed by atoms with Crippen LogP contribution in [0.1, 0.15) is 73.5 Å². The first kappa shape index (κ1) is 30.9. The highest BCUT2D eigenvalue weighted by Crippen LogP contribution is 2.35.